The predicted molar refractivity (Wildman–Crippen MR) is 120 cm³/mol. The molecule has 2 aliphatic rings. The van der Waals surface area contributed by atoms with Gasteiger partial charge in [-0.15, -0.1) is 13.2 Å². The van der Waals surface area contributed by atoms with Gasteiger partial charge < -0.3 is 9.30 Å². The molecule has 0 N–H and O–H groups in total. The highest BCUT2D eigenvalue weighted by molar-refractivity contribution is 5.71. The minimum absolute atomic E-state index is 0.122. The molecule has 0 radical (unpaired) electrons. The first-order valence-electron chi connectivity index (χ1n) is 10.5. The lowest BCUT2D eigenvalue weighted by Crippen LogP contribution is -2.17. The largest absolute Gasteiger partial charge is 0.573 e. The van der Waals surface area contributed by atoms with Crippen LogP contribution < -0.4 is 4.74 Å². The van der Waals surface area contributed by atoms with E-state index in [0.717, 1.165) is 0 Å². The molecule has 35 heavy (non-hydrogen) atoms. The fraction of sp³-hybridized carbons (Fsp3) is 0.0769. The van der Waals surface area contributed by atoms with Crippen LogP contribution in [0, 0.1) is 11.6 Å². The number of fused-ring (bicyclic) bond motifs is 1. The normalized spacial score (nSPS) is 11.7. The number of hydrogen-bond donors (Lipinski definition) is 0. The van der Waals surface area contributed by atoms with E-state index in [1.165, 1.54) is 42.5 Å². The zero-order chi connectivity index (χ0) is 24.6. The van der Waals surface area contributed by atoms with Gasteiger partial charge >= 0.3 is 6.36 Å². The summed E-state index contributed by atoms with van der Waals surface area (Å²) in [7, 11) is 0. The fourth-order valence-electron chi connectivity index (χ4n) is 3.77. The van der Waals surface area contributed by atoms with E-state index in [-0.39, 0.29) is 29.1 Å². The molecule has 2 aliphatic heterocycles. The van der Waals surface area contributed by atoms with Crippen molar-refractivity contribution < 1.29 is 26.7 Å². The number of benzene rings is 3. The number of hydrogen-bond acceptors (Lipinski definition) is 3. The Morgan fingerprint density at radius 3 is 2.23 bits per heavy atom. The molecular formula is C26H16F5N3O. The number of pyridine rings is 1. The van der Waals surface area contributed by atoms with Crippen LogP contribution in [0.5, 0.6) is 5.75 Å². The van der Waals surface area contributed by atoms with Gasteiger partial charge in [0.1, 0.15) is 23.1 Å². The minimum atomic E-state index is -4.86. The van der Waals surface area contributed by atoms with Crippen molar-refractivity contribution in [2.24, 2.45) is 0 Å². The Morgan fingerprint density at radius 2 is 1.49 bits per heavy atom. The highest BCUT2D eigenvalue weighted by atomic mass is 19.4. The number of para-hydroxylation sites is 1. The molecule has 3 aromatic rings. The Morgan fingerprint density at radius 1 is 0.771 bits per heavy atom. The van der Waals surface area contributed by atoms with Crippen LogP contribution in [0.1, 0.15) is 5.56 Å². The molecular weight excluding hydrogens is 465 g/mol. The summed E-state index contributed by atoms with van der Waals surface area (Å²) in [6.07, 6.45) is -1.49. The van der Waals surface area contributed by atoms with Crippen LogP contribution in [0.3, 0.4) is 0 Å². The van der Waals surface area contributed by atoms with Crippen molar-refractivity contribution in [2.45, 2.75) is 12.9 Å². The van der Waals surface area contributed by atoms with Crippen molar-refractivity contribution >= 4 is 0 Å². The molecule has 9 heteroatoms. The van der Waals surface area contributed by atoms with Crippen molar-refractivity contribution in [2.75, 3.05) is 0 Å². The molecule has 5 rings (SSSR count). The third-order valence-corrected chi connectivity index (χ3v) is 5.37. The van der Waals surface area contributed by atoms with E-state index in [0.29, 0.717) is 17.0 Å². The highest BCUT2D eigenvalue weighted by Crippen LogP contribution is 2.34. The number of imidazole rings is 1. The second-order valence-corrected chi connectivity index (χ2v) is 7.76. The molecule has 0 fully saturated rings. The number of alkyl halides is 3. The van der Waals surface area contributed by atoms with Gasteiger partial charge in [0.15, 0.2) is 5.82 Å². The van der Waals surface area contributed by atoms with E-state index in [4.69, 9.17) is 0 Å². The summed E-state index contributed by atoms with van der Waals surface area (Å²) in [6, 6.07) is 17.7. The Balaban J connectivity index is 1.41. The maximum absolute atomic E-state index is 14.9. The van der Waals surface area contributed by atoms with Crippen molar-refractivity contribution in [1.29, 1.82) is 0 Å². The Kier molecular flexibility index (Phi) is 5.68. The van der Waals surface area contributed by atoms with Crippen LogP contribution in [-0.2, 0) is 6.54 Å². The summed E-state index contributed by atoms with van der Waals surface area (Å²) in [5, 5.41) is 0. The van der Waals surface area contributed by atoms with E-state index in [2.05, 4.69) is 14.7 Å². The van der Waals surface area contributed by atoms with Crippen LogP contribution in [-0.4, -0.2) is 20.9 Å². The van der Waals surface area contributed by atoms with Crippen LogP contribution in [0.2, 0.25) is 0 Å². The summed E-state index contributed by atoms with van der Waals surface area (Å²) in [6.45, 7) is 0.143. The minimum Gasteiger partial charge on any atom is -0.405 e. The summed E-state index contributed by atoms with van der Waals surface area (Å²) < 4.78 is 73.0. The smallest absolute Gasteiger partial charge is 0.405 e. The molecule has 0 amide bonds. The number of rotatable bonds is 5. The lowest BCUT2D eigenvalue weighted by Gasteiger charge is -2.14. The molecule has 2 heterocycles. The highest BCUT2D eigenvalue weighted by Gasteiger charge is 2.32. The van der Waals surface area contributed by atoms with Gasteiger partial charge in [-0.2, -0.15) is 0 Å². The average Bonchev–Trinajstić information content (AvgIpc) is 3.23. The molecule has 0 aromatic heterocycles. The summed E-state index contributed by atoms with van der Waals surface area (Å²) in [5.41, 5.74) is 2.06. The summed E-state index contributed by atoms with van der Waals surface area (Å²) in [5.74, 6) is -1.17. The topological polar surface area (TPSA) is 39.9 Å². The molecule has 0 saturated carbocycles. The predicted octanol–water partition coefficient (Wildman–Crippen LogP) is 6.94. The molecule has 3 aromatic carbocycles. The molecule has 176 valence electrons. The van der Waals surface area contributed by atoms with E-state index in [9.17, 15) is 22.0 Å². The molecule has 0 atom stereocenters. The van der Waals surface area contributed by atoms with E-state index in [1.807, 2.05) is 0 Å². The van der Waals surface area contributed by atoms with Gasteiger partial charge in [0, 0.05) is 30.1 Å². The zero-order valence-electron chi connectivity index (χ0n) is 17.9. The molecule has 0 unspecified atom stereocenters. The van der Waals surface area contributed by atoms with E-state index >= 15 is 0 Å². The Labute approximate surface area is 196 Å². The van der Waals surface area contributed by atoms with Crippen molar-refractivity contribution in [1.82, 2.24) is 14.5 Å². The van der Waals surface area contributed by atoms with Gasteiger partial charge in [0.05, 0.1) is 11.3 Å². The van der Waals surface area contributed by atoms with Crippen LogP contribution in [0.15, 0.2) is 85.2 Å². The molecule has 0 bridgehead atoms. The Bertz CT molecular complexity index is 1480. The third-order valence-electron chi connectivity index (χ3n) is 5.37. The van der Waals surface area contributed by atoms with Crippen molar-refractivity contribution in [3.63, 3.8) is 0 Å². The van der Waals surface area contributed by atoms with Crippen LogP contribution in [0.4, 0.5) is 22.0 Å². The maximum Gasteiger partial charge on any atom is 0.573 e. The average molecular weight is 481 g/mol. The van der Waals surface area contributed by atoms with Gasteiger partial charge in [0.25, 0.3) is 0 Å². The van der Waals surface area contributed by atoms with E-state index in [1.54, 1.807) is 47.3 Å². The van der Waals surface area contributed by atoms with Crippen LogP contribution in [0.25, 0.3) is 33.9 Å². The second kappa shape index (κ2) is 8.83. The number of ether oxygens (including phenoxy) is 1. The molecule has 0 saturated heterocycles. The maximum atomic E-state index is 14.9. The number of aromatic nitrogens is 3. The molecule has 0 spiro atoms. The van der Waals surface area contributed by atoms with Gasteiger partial charge in [-0.3, -0.25) is 0 Å². The van der Waals surface area contributed by atoms with E-state index < -0.39 is 23.7 Å². The third kappa shape index (κ3) is 4.84. The van der Waals surface area contributed by atoms with Gasteiger partial charge in [-0.1, -0.05) is 42.5 Å². The standard InChI is InChI=1S/C26H16F5N3O/c27-20-7-3-1-6-19(20)25-32-22-11-12-34(15-23(22)33-25)14-17-10-9-16(13-21(17)28)18-5-2-4-8-24(18)35-26(29,30)31/h1-13,15H,14H2. The summed E-state index contributed by atoms with van der Waals surface area (Å²) >= 11 is 0. The fourth-order valence-corrected chi connectivity index (χ4v) is 3.77. The first-order valence-corrected chi connectivity index (χ1v) is 10.5. The molecule has 4 nitrogen and oxygen atoms in total. The molecule has 0 aliphatic carbocycles. The lowest BCUT2D eigenvalue weighted by molar-refractivity contribution is -0.274. The monoisotopic (exact) mass is 481 g/mol. The van der Waals surface area contributed by atoms with Crippen molar-refractivity contribution in [3.05, 3.63) is 102 Å². The SMILES string of the molecule is Fc1cc(-c2ccccc2OC(F)(F)F)ccc1Cn1ccc2nc(-c3ccccc3F)nc-2c1. The zero-order valence-corrected chi connectivity index (χ0v) is 17.9. The van der Waals surface area contributed by atoms with Crippen LogP contribution >= 0.6 is 0 Å². The first kappa shape index (κ1) is 22.5. The Hall–Kier alpha value is -4.27. The second-order valence-electron chi connectivity index (χ2n) is 7.76. The van der Waals surface area contributed by atoms with Gasteiger partial charge in [0.2, 0.25) is 0 Å². The lowest BCUT2D eigenvalue weighted by atomic mass is 10.0. The van der Waals surface area contributed by atoms with Gasteiger partial charge in [-0.25, -0.2) is 18.7 Å². The first-order chi connectivity index (χ1) is 16.8. The van der Waals surface area contributed by atoms with Crippen molar-refractivity contribution in [3.8, 4) is 39.7 Å². The number of halogens is 5. The summed E-state index contributed by atoms with van der Waals surface area (Å²) in [4.78, 5) is 8.75. The quantitative estimate of drug-likeness (QED) is 0.255. The number of nitrogens with zero attached hydrogens (tertiary/aromatic N) is 3. The van der Waals surface area contributed by atoms with Gasteiger partial charge in [-0.05, 0) is 35.9 Å².